The van der Waals surface area contributed by atoms with E-state index in [9.17, 15) is 9.59 Å². The normalized spacial score (nSPS) is 10.6. The lowest BCUT2D eigenvalue weighted by molar-refractivity contribution is 0.0591. The van der Waals surface area contributed by atoms with E-state index in [1.165, 1.54) is 24.8 Å². The standard InChI is InChI=1S/C17H13ClN2O4/c1-23-16(21)12-9-15(17(22)24-2)20-14(12)8-7-13(19-20)10-3-5-11(18)6-4-10/h3-9H,1-2H3. The van der Waals surface area contributed by atoms with Crippen LogP contribution in [0.25, 0.3) is 16.8 Å². The monoisotopic (exact) mass is 344 g/mol. The van der Waals surface area contributed by atoms with Crippen molar-refractivity contribution in [3.63, 3.8) is 0 Å². The molecule has 3 rings (SSSR count). The second kappa shape index (κ2) is 6.33. The molecule has 0 aliphatic rings. The van der Waals surface area contributed by atoms with Crippen LogP contribution in [0.2, 0.25) is 5.02 Å². The van der Waals surface area contributed by atoms with Gasteiger partial charge in [0.05, 0.1) is 31.0 Å². The van der Waals surface area contributed by atoms with Crippen molar-refractivity contribution in [2.24, 2.45) is 0 Å². The van der Waals surface area contributed by atoms with Crippen molar-refractivity contribution in [1.82, 2.24) is 9.61 Å². The Morgan fingerprint density at radius 1 is 1.00 bits per heavy atom. The lowest BCUT2D eigenvalue weighted by Gasteiger charge is -2.05. The van der Waals surface area contributed by atoms with Crippen molar-refractivity contribution >= 4 is 29.1 Å². The predicted molar refractivity (Wildman–Crippen MR) is 88.3 cm³/mol. The number of methoxy groups -OCH3 is 2. The van der Waals surface area contributed by atoms with Crippen LogP contribution >= 0.6 is 11.6 Å². The van der Waals surface area contributed by atoms with E-state index in [4.69, 9.17) is 21.1 Å². The van der Waals surface area contributed by atoms with E-state index in [1.807, 2.05) is 12.1 Å². The Bertz CT molecular complexity index is 932. The van der Waals surface area contributed by atoms with Gasteiger partial charge in [-0.2, -0.15) is 5.10 Å². The first-order valence-electron chi connectivity index (χ1n) is 7.00. The van der Waals surface area contributed by atoms with Crippen LogP contribution in [0.15, 0.2) is 42.5 Å². The first kappa shape index (κ1) is 16.0. The molecule has 0 radical (unpaired) electrons. The van der Waals surface area contributed by atoms with Gasteiger partial charge in [0, 0.05) is 10.6 Å². The molecule has 7 heteroatoms. The van der Waals surface area contributed by atoms with Crippen LogP contribution in [0, 0.1) is 0 Å². The van der Waals surface area contributed by atoms with Crippen LogP contribution < -0.4 is 0 Å². The number of hydrogen-bond acceptors (Lipinski definition) is 5. The SMILES string of the molecule is COC(=O)c1cc(C(=O)OC)n2nc(-c3ccc(Cl)cc3)ccc12. The number of carbonyl (C=O) groups excluding carboxylic acids is 2. The molecule has 0 spiro atoms. The molecule has 0 bridgehead atoms. The molecule has 0 aliphatic heterocycles. The number of ether oxygens (including phenoxy) is 2. The Hall–Kier alpha value is -2.86. The fourth-order valence-corrected chi connectivity index (χ4v) is 2.51. The van der Waals surface area contributed by atoms with Gasteiger partial charge in [-0.15, -0.1) is 0 Å². The first-order valence-corrected chi connectivity index (χ1v) is 7.38. The predicted octanol–water partition coefficient (Wildman–Crippen LogP) is 3.23. The van der Waals surface area contributed by atoms with Gasteiger partial charge in [-0.05, 0) is 30.3 Å². The number of benzene rings is 1. The van der Waals surface area contributed by atoms with E-state index in [0.717, 1.165) is 5.56 Å². The van der Waals surface area contributed by atoms with Crippen LogP contribution in [0.1, 0.15) is 20.8 Å². The third-order valence-corrected chi connectivity index (χ3v) is 3.81. The Morgan fingerprint density at radius 3 is 2.29 bits per heavy atom. The zero-order valence-corrected chi connectivity index (χ0v) is 13.7. The summed E-state index contributed by atoms with van der Waals surface area (Å²) in [7, 11) is 2.54. The van der Waals surface area contributed by atoms with Crippen molar-refractivity contribution in [1.29, 1.82) is 0 Å². The van der Waals surface area contributed by atoms with Gasteiger partial charge in [-0.1, -0.05) is 23.7 Å². The number of nitrogens with zero attached hydrogens (tertiary/aromatic N) is 2. The van der Waals surface area contributed by atoms with Gasteiger partial charge < -0.3 is 9.47 Å². The Balaban J connectivity index is 2.22. The quantitative estimate of drug-likeness (QED) is 0.682. The maximum Gasteiger partial charge on any atom is 0.356 e. The topological polar surface area (TPSA) is 69.9 Å². The molecule has 2 heterocycles. The van der Waals surface area contributed by atoms with Gasteiger partial charge in [0.2, 0.25) is 0 Å². The number of fused-ring (bicyclic) bond motifs is 1. The Kier molecular flexibility index (Phi) is 4.22. The molecule has 0 unspecified atom stereocenters. The number of esters is 2. The molecule has 6 nitrogen and oxygen atoms in total. The summed E-state index contributed by atoms with van der Waals surface area (Å²) in [6.07, 6.45) is 0. The van der Waals surface area contributed by atoms with Crippen molar-refractivity contribution in [2.75, 3.05) is 14.2 Å². The highest BCUT2D eigenvalue weighted by Crippen LogP contribution is 2.23. The smallest absolute Gasteiger partial charge is 0.356 e. The molecule has 0 N–H and O–H groups in total. The summed E-state index contributed by atoms with van der Waals surface area (Å²) in [6.45, 7) is 0. The minimum Gasteiger partial charge on any atom is -0.465 e. The number of aromatic nitrogens is 2. The highest BCUT2D eigenvalue weighted by atomic mass is 35.5. The molecule has 0 saturated carbocycles. The van der Waals surface area contributed by atoms with E-state index >= 15 is 0 Å². The number of rotatable bonds is 3. The van der Waals surface area contributed by atoms with E-state index in [-0.39, 0.29) is 11.3 Å². The number of hydrogen-bond donors (Lipinski definition) is 0. The molecule has 0 fully saturated rings. The van der Waals surface area contributed by atoms with Crippen LogP contribution in [-0.4, -0.2) is 35.8 Å². The third kappa shape index (κ3) is 2.72. The molecule has 2 aromatic heterocycles. The van der Waals surface area contributed by atoms with Gasteiger partial charge in [0.25, 0.3) is 0 Å². The van der Waals surface area contributed by atoms with Crippen LogP contribution in [0.3, 0.4) is 0 Å². The van der Waals surface area contributed by atoms with Gasteiger partial charge in [-0.25, -0.2) is 14.1 Å². The summed E-state index contributed by atoms with van der Waals surface area (Å²) in [5, 5.41) is 5.06. The maximum absolute atomic E-state index is 12.0. The molecule has 0 aliphatic carbocycles. The van der Waals surface area contributed by atoms with Crippen molar-refractivity contribution in [3.8, 4) is 11.3 Å². The molecule has 0 saturated heterocycles. The fourth-order valence-electron chi connectivity index (χ4n) is 2.38. The summed E-state index contributed by atoms with van der Waals surface area (Å²) in [6, 6.07) is 12.0. The summed E-state index contributed by atoms with van der Waals surface area (Å²) >= 11 is 5.90. The number of carbonyl (C=O) groups is 2. The van der Waals surface area contributed by atoms with Gasteiger partial charge in [0.1, 0.15) is 0 Å². The highest BCUT2D eigenvalue weighted by Gasteiger charge is 2.21. The number of halogens is 1. The summed E-state index contributed by atoms with van der Waals surface area (Å²) in [5.74, 6) is -1.15. The largest absolute Gasteiger partial charge is 0.465 e. The Labute approximate surface area is 142 Å². The third-order valence-electron chi connectivity index (χ3n) is 3.56. The molecule has 122 valence electrons. The van der Waals surface area contributed by atoms with E-state index in [1.54, 1.807) is 24.3 Å². The summed E-state index contributed by atoms with van der Waals surface area (Å²) in [5.41, 5.74) is 2.29. The highest BCUT2D eigenvalue weighted by molar-refractivity contribution is 6.30. The van der Waals surface area contributed by atoms with E-state index in [2.05, 4.69) is 5.10 Å². The maximum atomic E-state index is 12.0. The van der Waals surface area contributed by atoms with E-state index < -0.39 is 11.9 Å². The molecule has 3 aromatic rings. The van der Waals surface area contributed by atoms with Crippen LogP contribution in [-0.2, 0) is 9.47 Å². The average molecular weight is 345 g/mol. The van der Waals surface area contributed by atoms with Crippen molar-refractivity contribution in [3.05, 3.63) is 58.7 Å². The second-order valence-electron chi connectivity index (χ2n) is 4.95. The molecular formula is C17H13ClN2O4. The van der Waals surface area contributed by atoms with Crippen LogP contribution in [0.5, 0.6) is 0 Å². The first-order chi connectivity index (χ1) is 11.5. The fraction of sp³-hybridized carbons (Fsp3) is 0.118. The lowest BCUT2D eigenvalue weighted by atomic mass is 10.1. The zero-order valence-electron chi connectivity index (χ0n) is 12.9. The summed E-state index contributed by atoms with van der Waals surface area (Å²) < 4.78 is 10.9. The molecule has 24 heavy (non-hydrogen) atoms. The van der Waals surface area contributed by atoms with Crippen LogP contribution in [0.4, 0.5) is 0 Å². The lowest BCUT2D eigenvalue weighted by Crippen LogP contribution is -2.07. The van der Waals surface area contributed by atoms with Gasteiger partial charge in [0.15, 0.2) is 5.69 Å². The summed E-state index contributed by atoms with van der Waals surface area (Å²) in [4.78, 5) is 23.9. The molecule has 0 atom stereocenters. The average Bonchev–Trinajstić information content (AvgIpc) is 2.99. The minimum absolute atomic E-state index is 0.142. The van der Waals surface area contributed by atoms with Gasteiger partial charge in [-0.3, -0.25) is 0 Å². The minimum atomic E-state index is -0.596. The Morgan fingerprint density at radius 2 is 1.67 bits per heavy atom. The molecular weight excluding hydrogens is 332 g/mol. The second-order valence-corrected chi connectivity index (χ2v) is 5.39. The van der Waals surface area contributed by atoms with Crippen molar-refractivity contribution < 1.29 is 19.1 Å². The zero-order chi connectivity index (χ0) is 17.3. The van der Waals surface area contributed by atoms with Gasteiger partial charge >= 0.3 is 11.9 Å². The molecule has 1 aromatic carbocycles. The molecule has 0 amide bonds. The van der Waals surface area contributed by atoms with Crippen molar-refractivity contribution in [2.45, 2.75) is 0 Å². The van der Waals surface area contributed by atoms with E-state index in [0.29, 0.717) is 16.2 Å².